The Kier molecular flexibility index (Phi) is 3.66. The number of sulfone groups is 1. The van der Waals surface area contributed by atoms with Crippen molar-refractivity contribution < 1.29 is 17.3 Å². The largest absolute Gasteiger partial charge is 0.338 e. The van der Waals surface area contributed by atoms with Gasteiger partial charge in [-0.2, -0.15) is 4.98 Å². The lowest BCUT2D eigenvalue weighted by Gasteiger charge is -2.08. The summed E-state index contributed by atoms with van der Waals surface area (Å²) in [6.07, 6.45) is 0. The summed E-state index contributed by atoms with van der Waals surface area (Å²) in [6, 6.07) is 5.50. The van der Waals surface area contributed by atoms with Gasteiger partial charge in [-0.25, -0.2) is 12.8 Å². The van der Waals surface area contributed by atoms with E-state index < -0.39 is 20.9 Å². The van der Waals surface area contributed by atoms with E-state index in [0.29, 0.717) is 11.4 Å². The molecule has 1 unspecified atom stereocenters. The second-order valence-electron chi connectivity index (χ2n) is 4.26. The zero-order valence-corrected chi connectivity index (χ0v) is 11.3. The van der Waals surface area contributed by atoms with Crippen LogP contribution in [-0.4, -0.2) is 18.6 Å². The summed E-state index contributed by atoms with van der Waals surface area (Å²) in [6.45, 7) is 3.08. The number of aromatic nitrogens is 2. The molecule has 0 amide bonds. The first-order valence-electron chi connectivity index (χ1n) is 5.65. The number of nitrogens with zero attached hydrogens (tertiary/aromatic N) is 2. The van der Waals surface area contributed by atoms with Gasteiger partial charge in [0.1, 0.15) is 11.1 Å². The maximum Gasteiger partial charge on any atom is 0.244 e. The number of aryl methyl sites for hydroxylation is 1. The second-order valence-corrected chi connectivity index (χ2v) is 6.58. The molecule has 0 aliphatic heterocycles. The van der Waals surface area contributed by atoms with E-state index in [-0.39, 0.29) is 11.6 Å². The summed E-state index contributed by atoms with van der Waals surface area (Å²) >= 11 is 0. The fourth-order valence-corrected chi connectivity index (χ4v) is 2.91. The van der Waals surface area contributed by atoms with Crippen LogP contribution in [0.1, 0.15) is 29.5 Å². The molecule has 0 fully saturated rings. The summed E-state index contributed by atoms with van der Waals surface area (Å²) < 4.78 is 42.2. The summed E-state index contributed by atoms with van der Waals surface area (Å²) in [5.74, 6) is -0.307. The minimum absolute atomic E-state index is 0.0499. The van der Waals surface area contributed by atoms with E-state index in [1.807, 2.05) is 0 Å². The molecule has 1 atom stereocenters. The first-order chi connectivity index (χ1) is 8.88. The van der Waals surface area contributed by atoms with Crippen molar-refractivity contribution in [3.05, 3.63) is 47.4 Å². The van der Waals surface area contributed by atoms with Crippen molar-refractivity contribution >= 4 is 9.84 Å². The van der Waals surface area contributed by atoms with Gasteiger partial charge in [-0.3, -0.25) is 0 Å². The van der Waals surface area contributed by atoms with Crippen LogP contribution in [0.15, 0.2) is 28.8 Å². The van der Waals surface area contributed by atoms with Crippen molar-refractivity contribution in [3.8, 4) is 0 Å². The minimum atomic E-state index is -3.53. The van der Waals surface area contributed by atoms with E-state index in [0.717, 1.165) is 0 Å². The molecule has 1 aromatic heterocycles. The normalized spacial score (nSPS) is 13.4. The van der Waals surface area contributed by atoms with Crippen LogP contribution < -0.4 is 0 Å². The molecule has 2 rings (SSSR count). The van der Waals surface area contributed by atoms with Crippen LogP contribution in [0.5, 0.6) is 0 Å². The Morgan fingerprint density at radius 3 is 2.74 bits per heavy atom. The van der Waals surface area contributed by atoms with Crippen molar-refractivity contribution in [2.45, 2.75) is 24.9 Å². The molecule has 0 spiro atoms. The van der Waals surface area contributed by atoms with Gasteiger partial charge in [0, 0.05) is 0 Å². The third-order valence-electron chi connectivity index (χ3n) is 2.69. The second kappa shape index (κ2) is 5.08. The molecule has 0 saturated heterocycles. The fraction of sp³-hybridized carbons (Fsp3) is 0.333. The number of halogens is 1. The number of hydrogen-bond donors (Lipinski definition) is 0. The number of rotatable bonds is 4. The van der Waals surface area contributed by atoms with Gasteiger partial charge in [0.25, 0.3) is 0 Å². The van der Waals surface area contributed by atoms with Crippen LogP contribution >= 0.6 is 0 Å². The molecule has 0 bridgehead atoms. The van der Waals surface area contributed by atoms with Crippen LogP contribution in [0, 0.1) is 12.7 Å². The van der Waals surface area contributed by atoms with Crippen molar-refractivity contribution in [3.63, 3.8) is 0 Å². The van der Waals surface area contributed by atoms with Crippen LogP contribution in [0.3, 0.4) is 0 Å². The van der Waals surface area contributed by atoms with Crippen LogP contribution in [0.4, 0.5) is 4.39 Å². The zero-order chi connectivity index (χ0) is 14.0. The van der Waals surface area contributed by atoms with Gasteiger partial charge in [-0.15, -0.1) is 0 Å². The highest BCUT2D eigenvalue weighted by atomic mass is 32.2. The number of benzene rings is 1. The standard InChI is InChI=1S/C12H13FN2O3S/c1-8(12-14-9(2)15-18-12)19(16,17)7-10-4-3-5-11(13)6-10/h3-6,8H,7H2,1-2H3. The minimum Gasteiger partial charge on any atom is -0.338 e. The summed E-state index contributed by atoms with van der Waals surface area (Å²) in [5.41, 5.74) is 0.392. The summed E-state index contributed by atoms with van der Waals surface area (Å²) in [5, 5.41) is 2.64. The SMILES string of the molecule is Cc1noc(C(C)S(=O)(=O)Cc2cccc(F)c2)n1. The molecule has 0 aliphatic rings. The Labute approximate surface area is 110 Å². The molecule has 0 aliphatic carbocycles. The molecule has 1 heterocycles. The molecule has 2 aromatic rings. The molecule has 0 radical (unpaired) electrons. The molecule has 5 nitrogen and oxygen atoms in total. The van der Waals surface area contributed by atoms with Crippen molar-refractivity contribution in [1.82, 2.24) is 10.1 Å². The zero-order valence-electron chi connectivity index (χ0n) is 10.5. The monoisotopic (exact) mass is 284 g/mol. The van der Waals surface area contributed by atoms with Crippen LogP contribution in [0.2, 0.25) is 0 Å². The Morgan fingerprint density at radius 1 is 1.42 bits per heavy atom. The maximum atomic E-state index is 13.0. The molecule has 0 saturated carbocycles. The van der Waals surface area contributed by atoms with Crippen molar-refractivity contribution in [2.24, 2.45) is 0 Å². The first kappa shape index (κ1) is 13.7. The quantitative estimate of drug-likeness (QED) is 0.860. The van der Waals surface area contributed by atoms with E-state index in [1.54, 1.807) is 13.0 Å². The highest BCUT2D eigenvalue weighted by Gasteiger charge is 2.28. The Morgan fingerprint density at radius 2 is 2.16 bits per heavy atom. The first-order valence-corrected chi connectivity index (χ1v) is 7.36. The molecule has 0 N–H and O–H groups in total. The fourth-order valence-electron chi connectivity index (χ4n) is 1.62. The van der Waals surface area contributed by atoms with Crippen molar-refractivity contribution in [2.75, 3.05) is 0 Å². The van der Waals surface area contributed by atoms with E-state index in [1.165, 1.54) is 25.1 Å². The Balaban J connectivity index is 2.23. The van der Waals surface area contributed by atoms with Gasteiger partial charge in [-0.05, 0) is 31.5 Å². The lowest BCUT2D eigenvalue weighted by molar-refractivity contribution is 0.373. The smallest absolute Gasteiger partial charge is 0.244 e. The maximum absolute atomic E-state index is 13.0. The average molecular weight is 284 g/mol. The molecular formula is C12H13FN2O3S. The van der Waals surface area contributed by atoms with E-state index in [9.17, 15) is 12.8 Å². The molecule has 19 heavy (non-hydrogen) atoms. The predicted octanol–water partition coefficient (Wildman–Crippen LogP) is 2.19. The van der Waals surface area contributed by atoms with E-state index in [2.05, 4.69) is 10.1 Å². The van der Waals surface area contributed by atoms with Crippen molar-refractivity contribution in [1.29, 1.82) is 0 Å². The van der Waals surface area contributed by atoms with E-state index in [4.69, 9.17) is 4.52 Å². The van der Waals surface area contributed by atoms with Crippen LogP contribution in [0.25, 0.3) is 0 Å². The van der Waals surface area contributed by atoms with Gasteiger partial charge in [0.2, 0.25) is 5.89 Å². The average Bonchev–Trinajstić information content (AvgIpc) is 2.74. The highest BCUT2D eigenvalue weighted by Crippen LogP contribution is 2.24. The Hall–Kier alpha value is -1.76. The topological polar surface area (TPSA) is 73.1 Å². The lowest BCUT2D eigenvalue weighted by Crippen LogP contribution is -2.13. The van der Waals surface area contributed by atoms with Gasteiger partial charge >= 0.3 is 0 Å². The number of hydrogen-bond acceptors (Lipinski definition) is 5. The van der Waals surface area contributed by atoms with Gasteiger partial charge < -0.3 is 4.52 Å². The molecule has 1 aromatic carbocycles. The molecule has 7 heteroatoms. The third-order valence-corrected chi connectivity index (χ3v) is 4.70. The lowest BCUT2D eigenvalue weighted by atomic mass is 10.2. The highest BCUT2D eigenvalue weighted by molar-refractivity contribution is 7.90. The summed E-state index contributed by atoms with van der Waals surface area (Å²) in [4.78, 5) is 3.91. The third kappa shape index (κ3) is 3.17. The summed E-state index contributed by atoms with van der Waals surface area (Å²) in [7, 11) is -3.53. The molecular weight excluding hydrogens is 271 g/mol. The van der Waals surface area contributed by atoms with Gasteiger partial charge in [0.05, 0.1) is 5.75 Å². The predicted molar refractivity (Wildman–Crippen MR) is 66.5 cm³/mol. The van der Waals surface area contributed by atoms with Gasteiger partial charge in [0.15, 0.2) is 15.7 Å². The molecule has 102 valence electrons. The Bertz CT molecular complexity index is 682. The van der Waals surface area contributed by atoms with Crippen LogP contribution in [-0.2, 0) is 15.6 Å². The van der Waals surface area contributed by atoms with Gasteiger partial charge in [-0.1, -0.05) is 17.3 Å². The van der Waals surface area contributed by atoms with E-state index >= 15 is 0 Å².